The van der Waals surface area contributed by atoms with Gasteiger partial charge in [-0.2, -0.15) is 13.2 Å². The van der Waals surface area contributed by atoms with E-state index in [9.17, 15) is 27.2 Å². The first-order valence-corrected chi connectivity index (χ1v) is 8.42. The second-order valence-electron chi connectivity index (χ2n) is 6.06. The van der Waals surface area contributed by atoms with Crippen LogP contribution >= 0.6 is 0 Å². The van der Waals surface area contributed by atoms with Crippen LogP contribution in [0.2, 0.25) is 0 Å². The van der Waals surface area contributed by atoms with E-state index in [1.54, 1.807) is 29.6 Å². The van der Waals surface area contributed by atoms with Gasteiger partial charge in [0.05, 0.1) is 13.7 Å². The molecule has 6 nitrogen and oxygen atoms in total. The number of rotatable bonds is 7. The standard InChI is InChI=1S/C19H19F4N3O3/c1-11-15(20)6-12(18(28)25-10-19(21,22)23)7-16(11)24-9-17(27)26-13-4-3-5-14(8-13)29-2/h3-8,24H,9-10H2,1-2H3,(H,25,28)(H,26,27). The zero-order valence-corrected chi connectivity index (χ0v) is 15.6. The van der Waals surface area contributed by atoms with E-state index in [-0.39, 0.29) is 23.4 Å². The summed E-state index contributed by atoms with van der Waals surface area (Å²) in [4.78, 5) is 24.0. The van der Waals surface area contributed by atoms with E-state index in [1.807, 2.05) is 0 Å². The molecule has 0 spiro atoms. The Bertz CT molecular complexity index is 901. The molecule has 0 saturated heterocycles. The van der Waals surface area contributed by atoms with Crippen molar-refractivity contribution in [2.75, 3.05) is 30.8 Å². The van der Waals surface area contributed by atoms with Crippen molar-refractivity contribution in [3.05, 3.63) is 53.3 Å². The van der Waals surface area contributed by atoms with Gasteiger partial charge in [0, 0.05) is 28.6 Å². The number of methoxy groups -OCH3 is 1. The molecule has 0 aliphatic rings. The molecule has 0 atom stereocenters. The van der Waals surface area contributed by atoms with Crippen LogP contribution < -0.4 is 20.7 Å². The molecular weight excluding hydrogens is 394 g/mol. The Morgan fingerprint density at radius 1 is 1.14 bits per heavy atom. The van der Waals surface area contributed by atoms with Gasteiger partial charge >= 0.3 is 6.18 Å². The average molecular weight is 413 g/mol. The Morgan fingerprint density at radius 3 is 2.52 bits per heavy atom. The summed E-state index contributed by atoms with van der Waals surface area (Å²) in [6.07, 6.45) is -4.59. The topological polar surface area (TPSA) is 79.5 Å². The first kappa shape index (κ1) is 22.0. The highest BCUT2D eigenvalue weighted by atomic mass is 19.4. The SMILES string of the molecule is COc1cccc(NC(=O)CNc2cc(C(=O)NCC(F)(F)F)cc(F)c2C)c1. The van der Waals surface area contributed by atoms with Crippen LogP contribution in [-0.2, 0) is 4.79 Å². The quantitative estimate of drug-likeness (QED) is 0.608. The minimum Gasteiger partial charge on any atom is -0.497 e. The second kappa shape index (κ2) is 9.26. The van der Waals surface area contributed by atoms with Gasteiger partial charge in [-0.3, -0.25) is 9.59 Å². The van der Waals surface area contributed by atoms with Crippen LogP contribution in [0.5, 0.6) is 5.75 Å². The summed E-state index contributed by atoms with van der Waals surface area (Å²) in [6.45, 7) is -0.382. The van der Waals surface area contributed by atoms with Crippen LogP contribution in [0.3, 0.4) is 0 Å². The lowest BCUT2D eigenvalue weighted by Gasteiger charge is -2.14. The Morgan fingerprint density at radius 2 is 1.86 bits per heavy atom. The van der Waals surface area contributed by atoms with Crippen LogP contribution in [0.15, 0.2) is 36.4 Å². The Balaban J connectivity index is 2.04. The number of carbonyl (C=O) groups is 2. The number of hydrogen-bond acceptors (Lipinski definition) is 4. The highest BCUT2D eigenvalue weighted by molar-refractivity contribution is 5.96. The lowest BCUT2D eigenvalue weighted by atomic mass is 10.1. The summed E-state index contributed by atoms with van der Waals surface area (Å²) < 4.78 is 55.8. The molecule has 2 amide bonds. The van der Waals surface area contributed by atoms with Gasteiger partial charge in [-0.15, -0.1) is 0 Å². The largest absolute Gasteiger partial charge is 0.497 e. The lowest BCUT2D eigenvalue weighted by Crippen LogP contribution is -2.33. The van der Waals surface area contributed by atoms with Crippen LogP contribution in [0.1, 0.15) is 15.9 Å². The third-order valence-electron chi connectivity index (χ3n) is 3.85. The fraction of sp³-hybridized carbons (Fsp3) is 0.263. The number of carbonyl (C=O) groups excluding carboxylic acids is 2. The predicted molar refractivity (Wildman–Crippen MR) is 99.6 cm³/mol. The maximum absolute atomic E-state index is 14.1. The number of halogens is 4. The fourth-order valence-electron chi connectivity index (χ4n) is 2.36. The number of nitrogens with one attached hydrogen (secondary N) is 3. The van der Waals surface area contributed by atoms with Gasteiger partial charge in [0.1, 0.15) is 18.1 Å². The summed E-state index contributed by atoms with van der Waals surface area (Å²) in [5.41, 5.74) is 0.418. The number of hydrogen-bond donors (Lipinski definition) is 3. The highest BCUT2D eigenvalue weighted by Crippen LogP contribution is 2.22. The van der Waals surface area contributed by atoms with Gasteiger partial charge in [-0.05, 0) is 31.2 Å². The fourth-order valence-corrected chi connectivity index (χ4v) is 2.36. The van der Waals surface area contributed by atoms with Gasteiger partial charge in [0.2, 0.25) is 5.91 Å². The molecule has 2 aromatic carbocycles. The van der Waals surface area contributed by atoms with Crippen molar-refractivity contribution >= 4 is 23.2 Å². The molecular formula is C19H19F4N3O3. The zero-order valence-electron chi connectivity index (χ0n) is 15.6. The Hall–Kier alpha value is -3.30. The number of ether oxygens (including phenoxy) is 1. The molecule has 0 aromatic heterocycles. The summed E-state index contributed by atoms with van der Waals surface area (Å²) in [5.74, 6) is -1.78. The number of benzene rings is 2. The Kier molecular flexibility index (Phi) is 7.03. The van der Waals surface area contributed by atoms with Gasteiger partial charge < -0.3 is 20.7 Å². The van der Waals surface area contributed by atoms with Crippen LogP contribution in [0.25, 0.3) is 0 Å². The molecule has 0 aliphatic carbocycles. The molecule has 0 saturated carbocycles. The second-order valence-corrected chi connectivity index (χ2v) is 6.06. The van der Waals surface area contributed by atoms with E-state index >= 15 is 0 Å². The molecule has 2 aromatic rings. The van der Waals surface area contributed by atoms with E-state index in [0.717, 1.165) is 6.07 Å². The summed E-state index contributed by atoms with van der Waals surface area (Å²) in [6, 6.07) is 8.66. The maximum atomic E-state index is 14.1. The maximum Gasteiger partial charge on any atom is 0.405 e. The van der Waals surface area contributed by atoms with Crippen molar-refractivity contribution in [3.8, 4) is 5.75 Å². The number of anilines is 2. The minimum absolute atomic E-state index is 0.114. The molecule has 156 valence electrons. The summed E-state index contributed by atoms with van der Waals surface area (Å²) in [7, 11) is 1.48. The van der Waals surface area contributed by atoms with Crippen molar-refractivity contribution in [1.82, 2.24) is 5.32 Å². The van der Waals surface area contributed by atoms with Gasteiger partial charge in [0.15, 0.2) is 0 Å². The van der Waals surface area contributed by atoms with E-state index in [2.05, 4.69) is 10.6 Å². The van der Waals surface area contributed by atoms with Crippen molar-refractivity contribution in [1.29, 1.82) is 0 Å². The molecule has 2 rings (SSSR count). The summed E-state index contributed by atoms with van der Waals surface area (Å²) in [5, 5.41) is 6.97. The van der Waals surface area contributed by atoms with Crippen molar-refractivity contribution in [2.24, 2.45) is 0 Å². The first-order valence-electron chi connectivity index (χ1n) is 8.42. The van der Waals surface area contributed by atoms with E-state index in [0.29, 0.717) is 11.4 Å². The molecule has 29 heavy (non-hydrogen) atoms. The molecule has 3 N–H and O–H groups in total. The van der Waals surface area contributed by atoms with Crippen molar-refractivity contribution < 1.29 is 31.9 Å². The Labute approximate surface area is 164 Å². The first-order chi connectivity index (χ1) is 13.6. The van der Waals surface area contributed by atoms with Crippen molar-refractivity contribution in [3.63, 3.8) is 0 Å². The summed E-state index contributed by atoms with van der Waals surface area (Å²) >= 11 is 0. The van der Waals surface area contributed by atoms with E-state index in [4.69, 9.17) is 4.74 Å². The molecule has 0 fully saturated rings. The molecule has 0 heterocycles. The monoisotopic (exact) mass is 413 g/mol. The number of amides is 2. The molecule has 0 radical (unpaired) electrons. The lowest BCUT2D eigenvalue weighted by molar-refractivity contribution is -0.123. The van der Waals surface area contributed by atoms with E-state index < -0.39 is 30.4 Å². The highest BCUT2D eigenvalue weighted by Gasteiger charge is 2.28. The van der Waals surface area contributed by atoms with E-state index in [1.165, 1.54) is 20.1 Å². The molecule has 0 unspecified atom stereocenters. The average Bonchev–Trinajstić information content (AvgIpc) is 2.66. The minimum atomic E-state index is -4.59. The molecule has 0 bridgehead atoms. The number of alkyl halides is 3. The smallest absolute Gasteiger partial charge is 0.405 e. The van der Waals surface area contributed by atoms with Crippen LogP contribution in [0.4, 0.5) is 28.9 Å². The molecule has 10 heteroatoms. The van der Waals surface area contributed by atoms with Gasteiger partial charge in [-0.1, -0.05) is 6.07 Å². The third-order valence-corrected chi connectivity index (χ3v) is 3.85. The predicted octanol–water partition coefficient (Wildman–Crippen LogP) is 3.49. The van der Waals surface area contributed by atoms with Gasteiger partial charge in [-0.25, -0.2) is 4.39 Å². The van der Waals surface area contributed by atoms with Crippen LogP contribution in [-0.4, -0.2) is 38.2 Å². The zero-order chi connectivity index (χ0) is 21.6. The van der Waals surface area contributed by atoms with Gasteiger partial charge in [0.25, 0.3) is 5.91 Å². The normalized spacial score (nSPS) is 11.0. The third kappa shape index (κ3) is 6.66. The van der Waals surface area contributed by atoms with Crippen molar-refractivity contribution in [2.45, 2.75) is 13.1 Å². The van der Waals surface area contributed by atoms with Crippen LogP contribution in [0, 0.1) is 12.7 Å². The molecule has 0 aliphatic heterocycles.